The molecule has 2 atom stereocenters. The Bertz CT molecular complexity index is 637. The topological polar surface area (TPSA) is 52.8 Å². The summed E-state index contributed by atoms with van der Waals surface area (Å²) in [6.07, 6.45) is 3.26. The number of nitrogens with zero attached hydrogens (tertiary/aromatic N) is 3. The maximum atomic E-state index is 12.6. The van der Waals surface area contributed by atoms with E-state index in [1.807, 2.05) is 4.90 Å². The first-order chi connectivity index (χ1) is 12.6. The van der Waals surface area contributed by atoms with Gasteiger partial charge < -0.3 is 15.5 Å². The molecule has 2 saturated heterocycles. The van der Waals surface area contributed by atoms with E-state index in [2.05, 4.69) is 41.0 Å². The van der Waals surface area contributed by atoms with E-state index in [9.17, 15) is 4.79 Å². The monoisotopic (exact) mass is 356 g/mol. The number of rotatable bonds is 5. The summed E-state index contributed by atoms with van der Waals surface area (Å²) in [5.41, 5.74) is 8.89. The van der Waals surface area contributed by atoms with Gasteiger partial charge in [0.05, 0.1) is 0 Å². The average molecular weight is 357 g/mol. The van der Waals surface area contributed by atoms with Gasteiger partial charge in [-0.15, -0.1) is 0 Å². The van der Waals surface area contributed by atoms with Crippen molar-refractivity contribution in [3.05, 3.63) is 29.8 Å². The molecule has 2 N–H and O–H groups in total. The van der Waals surface area contributed by atoms with Crippen LogP contribution in [0.5, 0.6) is 0 Å². The van der Waals surface area contributed by atoms with Crippen LogP contribution in [-0.2, 0) is 4.79 Å². The number of hydrogen-bond donors (Lipinski definition) is 1. The minimum atomic E-state index is 0.198. The van der Waals surface area contributed by atoms with Crippen LogP contribution in [0.3, 0.4) is 0 Å². The summed E-state index contributed by atoms with van der Waals surface area (Å²) in [4.78, 5) is 19.5. The molecule has 1 aliphatic carbocycles. The van der Waals surface area contributed by atoms with Crippen LogP contribution >= 0.6 is 0 Å². The highest BCUT2D eigenvalue weighted by Gasteiger charge is 2.42. The number of benzene rings is 1. The molecule has 0 unspecified atom stereocenters. The van der Waals surface area contributed by atoms with E-state index in [1.54, 1.807) is 0 Å². The Balaban J connectivity index is 1.21. The molecule has 142 valence electrons. The minimum absolute atomic E-state index is 0.198. The number of carbonyl (C=O) groups excluding carboxylic acids is 1. The Morgan fingerprint density at radius 1 is 1.15 bits per heavy atom. The van der Waals surface area contributed by atoms with Gasteiger partial charge in [0.1, 0.15) is 0 Å². The van der Waals surface area contributed by atoms with E-state index in [1.165, 1.54) is 24.1 Å². The molecular formula is C21H32N4O. The summed E-state index contributed by atoms with van der Waals surface area (Å²) in [5, 5.41) is 0. The minimum Gasteiger partial charge on any atom is -0.369 e. The third kappa shape index (κ3) is 4.04. The van der Waals surface area contributed by atoms with Gasteiger partial charge in [-0.2, -0.15) is 0 Å². The van der Waals surface area contributed by atoms with Crippen LogP contribution in [0.15, 0.2) is 24.3 Å². The Labute approximate surface area is 157 Å². The van der Waals surface area contributed by atoms with Crippen LogP contribution < -0.4 is 10.6 Å². The zero-order valence-electron chi connectivity index (χ0n) is 15.9. The highest BCUT2D eigenvalue weighted by Crippen LogP contribution is 2.40. The summed E-state index contributed by atoms with van der Waals surface area (Å²) < 4.78 is 0. The average Bonchev–Trinajstić information content (AvgIpc) is 3.42. The van der Waals surface area contributed by atoms with E-state index >= 15 is 0 Å². The van der Waals surface area contributed by atoms with Gasteiger partial charge in [-0.25, -0.2) is 0 Å². The lowest BCUT2D eigenvalue weighted by Crippen LogP contribution is -2.47. The molecule has 0 aromatic heterocycles. The maximum Gasteiger partial charge on any atom is 0.223 e. The second-order valence-electron chi connectivity index (χ2n) is 8.38. The Morgan fingerprint density at radius 2 is 1.92 bits per heavy atom. The van der Waals surface area contributed by atoms with E-state index in [0.29, 0.717) is 18.2 Å². The normalized spacial score (nSPS) is 27.2. The van der Waals surface area contributed by atoms with Crippen molar-refractivity contribution in [3.8, 4) is 0 Å². The molecule has 0 spiro atoms. The second kappa shape index (κ2) is 7.57. The molecule has 0 radical (unpaired) electrons. The number of anilines is 1. The number of carbonyl (C=O) groups is 1. The largest absolute Gasteiger partial charge is 0.369 e. The van der Waals surface area contributed by atoms with Crippen LogP contribution in [0.25, 0.3) is 0 Å². The quantitative estimate of drug-likeness (QED) is 0.873. The molecule has 2 aliphatic heterocycles. The summed E-state index contributed by atoms with van der Waals surface area (Å²) in [7, 11) is 0. The van der Waals surface area contributed by atoms with Crippen LogP contribution in [0.1, 0.15) is 24.8 Å². The number of piperazine rings is 1. The fourth-order valence-corrected chi connectivity index (χ4v) is 4.55. The highest BCUT2D eigenvalue weighted by atomic mass is 16.2. The predicted octanol–water partition coefficient (Wildman–Crippen LogP) is 1.70. The van der Waals surface area contributed by atoms with Crippen molar-refractivity contribution in [2.75, 3.05) is 50.7 Å². The molecular weight excluding hydrogens is 324 g/mol. The Kier molecular flexibility index (Phi) is 5.18. The third-order valence-electron chi connectivity index (χ3n) is 6.37. The van der Waals surface area contributed by atoms with Crippen molar-refractivity contribution < 1.29 is 4.79 Å². The molecule has 1 amide bonds. The van der Waals surface area contributed by atoms with Crippen LogP contribution in [0, 0.1) is 18.8 Å². The summed E-state index contributed by atoms with van der Waals surface area (Å²) in [6, 6.07) is 8.92. The van der Waals surface area contributed by atoms with Crippen molar-refractivity contribution in [2.45, 2.75) is 32.2 Å². The van der Waals surface area contributed by atoms with Gasteiger partial charge in [0.2, 0.25) is 5.91 Å². The van der Waals surface area contributed by atoms with Crippen molar-refractivity contribution in [1.82, 2.24) is 9.80 Å². The number of hydrogen-bond acceptors (Lipinski definition) is 4. The van der Waals surface area contributed by atoms with Gasteiger partial charge in [-0.3, -0.25) is 9.69 Å². The van der Waals surface area contributed by atoms with Crippen molar-refractivity contribution >= 4 is 11.6 Å². The van der Waals surface area contributed by atoms with Crippen molar-refractivity contribution in [3.63, 3.8) is 0 Å². The molecule has 5 nitrogen and oxygen atoms in total. The molecule has 3 fully saturated rings. The second-order valence-corrected chi connectivity index (χ2v) is 8.38. The molecule has 2 heterocycles. The van der Waals surface area contributed by atoms with Gasteiger partial charge in [0, 0.05) is 64.0 Å². The first-order valence-corrected chi connectivity index (χ1v) is 10.2. The molecule has 1 aromatic carbocycles. The SMILES string of the molecule is Cc1cccc(N2CCN(CCC(=O)N3C[C@@H](N)[C@H](C4CC4)C3)CC2)c1. The fraction of sp³-hybridized carbons (Fsp3) is 0.667. The molecule has 0 bridgehead atoms. The van der Waals surface area contributed by atoms with E-state index in [4.69, 9.17) is 5.73 Å². The molecule has 4 rings (SSSR count). The number of aryl methyl sites for hydroxylation is 1. The maximum absolute atomic E-state index is 12.6. The molecule has 3 aliphatic rings. The molecule has 1 aromatic rings. The van der Waals surface area contributed by atoms with E-state index in [0.717, 1.165) is 51.7 Å². The number of amides is 1. The van der Waals surface area contributed by atoms with Crippen LogP contribution in [-0.4, -0.2) is 67.6 Å². The van der Waals surface area contributed by atoms with Crippen LogP contribution in [0.2, 0.25) is 0 Å². The predicted molar refractivity (Wildman–Crippen MR) is 105 cm³/mol. The van der Waals surface area contributed by atoms with E-state index < -0.39 is 0 Å². The zero-order chi connectivity index (χ0) is 18.1. The summed E-state index contributed by atoms with van der Waals surface area (Å²) in [5.74, 6) is 1.64. The Hall–Kier alpha value is -1.59. The fourth-order valence-electron chi connectivity index (χ4n) is 4.55. The van der Waals surface area contributed by atoms with Gasteiger partial charge >= 0.3 is 0 Å². The summed E-state index contributed by atoms with van der Waals surface area (Å²) >= 11 is 0. The first kappa shape index (κ1) is 17.8. The molecule has 1 saturated carbocycles. The number of likely N-dealkylation sites (tertiary alicyclic amines) is 1. The third-order valence-corrected chi connectivity index (χ3v) is 6.37. The zero-order valence-corrected chi connectivity index (χ0v) is 15.9. The number of nitrogens with two attached hydrogens (primary N) is 1. The van der Waals surface area contributed by atoms with Crippen LogP contribution in [0.4, 0.5) is 5.69 Å². The smallest absolute Gasteiger partial charge is 0.223 e. The molecule has 26 heavy (non-hydrogen) atoms. The lowest BCUT2D eigenvalue weighted by molar-refractivity contribution is -0.130. The lowest BCUT2D eigenvalue weighted by atomic mass is 9.99. The van der Waals surface area contributed by atoms with Gasteiger partial charge in [-0.1, -0.05) is 12.1 Å². The van der Waals surface area contributed by atoms with Crippen molar-refractivity contribution in [1.29, 1.82) is 0 Å². The summed E-state index contributed by atoms with van der Waals surface area (Å²) in [6.45, 7) is 8.82. The van der Waals surface area contributed by atoms with Gasteiger partial charge in [0.15, 0.2) is 0 Å². The first-order valence-electron chi connectivity index (χ1n) is 10.2. The van der Waals surface area contributed by atoms with Gasteiger partial charge in [0.25, 0.3) is 0 Å². The Morgan fingerprint density at radius 3 is 2.62 bits per heavy atom. The van der Waals surface area contributed by atoms with E-state index in [-0.39, 0.29) is 6.04 Å². The molecule has 5 heteroatoms. The lowest BCUT2D eigenvalue weighted by Gasteiger charge is -2.36. The highest BCUT2D eigenvalue weighted by molar-refractivity contribution is 5.76. The standard InChI is InChI=1S/C21H32N4O/c1-16-3-2-4-18(13-16)24-11-9-23(10-12-24)8-7-21(26)25-14-19(17-5-6-17)20(22)15-25/h2-4,13,17,19-20H,5-12,14-15,22H2,1H3/t19-,20+/m0/s1. The van der Waals surface area contributed by atoms with Gasteiger partial charge in [-0.05, 0) is 49.3 Å². The van der Waals surface area contributed by atoms with Crippen molar-refractivity contribution in [2.24, 2.45) is 17.6 Å².